The number of hydrogen-bond donors (Lipinski definition) is 0. The fraction of sp³-hybridized carbons (Fsp3) is 0.609. The first-order valence-corrected chi connectivity index (χ1v) is 12.6. The fourth-order valence-corrected chi connectivity index (χ4v) is 6.15. The Labute approximate surface area is 180 Å². The Morgan fingerprint density at radius 2 is 1.63 bits per heavy atom. The summed E-state index contributed by atoms with van der Waals surface area (Å²) in [6, 6.07) is 7.48. The van der Waals surface area contributed by atoms with Gasteiger partial charge in [0, 0.05) is 24.7 Å². The van der Waals surface area contributed by atoms with Crippen molar-refractivity contribution in [3.8, 4) is 0 Å². The van der Waals surface area contributed by atoms with Gasteiger partial charge in [-0.3, -0.25) is 9.69 Å². The monoisotopic (exact) mass is 431 g/mol. The molecule has 0 saturated carbocycles. The molecule has 3 heterocycles. The first kappa shape index (κ1) is 21.7. The minimum Gasteiger partial charge on any atom is -0.300 e. The molecular weight excluding hydrogens is 398 g/mol. The van der Waals surface area contributed by atoms with E-state index >= 15 is 0 Å². The van der Waals surface area contributed by atoms with Crippen LogP contribution in [0.1, 0.15) is 37.7 Å². The molecule has 0 spiro atoms. The quantitative estimate of drug-likeness (QED) is 0.717. The number of aryl methyl sites for hydroxylation is 1. The van der Waals surface area contributed by atoms with Gasteiger partial charge >= 0.3 is 0 Å². The summed E-state index contributed by atoms with van der Waals surface area (Å²) in [5.74, 6) is -0.0740. The maximum absolute atomic E-state index is 12.9. The number of piperidine rings is 2. The molecule has 2 saturated heterocycles. The van der Waals surface area contributed by atoms with E-state index in [2.05, 4.69) is 9.80 Å². The minimum absolute atomic E-state index is 0.0632. The highest BCUT2D eigenvalue weighted by Crippen LogP contribution is 2.23. The molecule has 0 atom stereocenters. The first-order valence-electron chi connectivity index (χ1n) is 11.2. The van der Waals surface area contributed by atoms with Crippen LogP contribution in [-0.4, -0.2) is 80.2 Å². The Hall–Kier alpha value is -1.54. The molecule has 0 unspecified atom stereocenters. The van der Waals surface area contributed by atoms with Crippen LogP contribution in [-0.2, 0) is 14.8 Å². The van der Waals surface area contributed by atoms with Gasteiger partial charge in [0.1, 0.15) is 0 Å². The van der Waals surface area contributed by atoms with Gasteiger partial charge in [-0.15, -0.1) is 0 Å². The van der Waals surface area contributed by atoms with Crippen LogP contribution in [0.4, 0.5) is 0 Å². The number of benzene rings is 1. The van der Waals surface area contributed by atoms with E-state index in [0.29, 0.717) is 12.6 Å². The molecule has 4 rings (SSSR count). The van der Waals surface area contributed by atoms with E-state index in [1.54, 1.807) is 24.3 Å². The highest BCUT2D eigenvalue weighted by atomic mass is 32.2. The van der Waals surface area contributed by atoms with Crippen LogP contribution >= 0.6 is 0 Å². The minimum atomic E-state index is -3.64. The second-order valence-corrected chi connectivity index (χ2v) is 10.8. The average molecular weight is 432 g/mol. The molecule has 0 N–H and O–H groups in total. The maximum atomic E-state index is 12.9. The normalized spacial score (nSPS) is 23.5. The van der Waals surface area contributed by atoms with Crippen molar-refractivity contribution in [1.29, 1.82) is 0 Å². The molecule has 30 heavy (non-hydrogen) atoms. The van der Waals surface area contributed by atoms with Gasteiger partial charge in [0.05, 0.1) is 11.4 Å². The molecule has 1 aromatic rings. The smallest absolute Gasteiger partial charge is 0.243 e. The van der Waals surface area contributed by atoms with Gasteiger partial charge in [0.2, 0.25) is 10.0 Å². The molecule has 7 heteroatoms. The number of ketones is 1. The highest BCUT2D eigenvalue weighted by molar-refractivity contribution is 7.89. The third kappa shape index (κ3) is 4.85. The van der Waals surface area contributed by atoms with E-state index in [4.69, 9.17) is 0 Å². The van der Waals surface area contributed by atoms with Crippen molar-refractivity contribution in [2.75, 3.05) is 45.8 Å². The predicted octanol–water partition coefficient (Wildman–Crippen LogP) is 2.45. The molecular formula is C23H33N3O3S. The SMILES string of the molecule is Cc1ccc(S(=O)(=O)N2CC=C(CN3CCC(N4CCCCC4)CC3)C(=O)C2)cc1. The average Bonchev–Trinajstić information content (AvgIpc) is 2.76. The van der Waals surface area contributed by atoms with Gasteiger partial charge in [-0.1, -0.05) is 30.2 Å². The summed E-state index contributed by atoms with van der Waals surface area (Å²) in [5, 5.41) is 0. The lowest BCUT2D eigenvalue weighted by Gasteiger charge is -2.40. The zero-order valence-electron chi connectivity index (χ0n) is 17.9. The molecule has 0 aromatic heterocycles. The van der Waals surface area contributed by atoms with Crippen molar-refractivity contribution in [1.82, 2.24) is 14.1 Å². The lowest BCUT2D eigenvalue weighted by atomic mass is 9.99. The number of carbonyl (C=O) groups is 1. The molecule has 0 radical (unpaired) electrons. The molecule has 3 aliphatic heterocycles. The summed E-state index contributed by atoms with van der Waals surface area (Å²) in [5.41, 5.74) is 1.77. The van der Waals surface area contributed by atoms with E-state index in [0.717, 1.165) is 37.1 Å². The number of nitrogens with zero attached hydrogens (tertiary/aromatic N) is 3. The molecule has 0 amide bonds. The number of sulfonamides is 1. The molecule has 3 aliphatic rings. The van der Waals surface area contributed by atoms with E-state index in [9.17, 15) is 13.2 Å². The van der Waals surface area contributed by atoms with Gasteiger partial charge in [0.15, 0.2) is 5.78 Å². The van der Waals surface area contributed by atoms with Crippen LogP contribution in [0, 0.1) is 6.92 Å². The zero-order valence-corrected chi connectivity index (χ0v) is 18.7. The number of carbonyl (C=O) groups excluding carboxylic acids is 1. The summed E-state index contributed by atoms with van der Waals surface area (Å²) < 4.78 is 27.0. The van der Waals surface area contributed by atoms with Gasteiger partial charge in [0.25, 0.3) is 0 Å². The lowest BCUT2D eigenvalue weighted by Crippen LogP contribution is -2.48. The molecule has 0 bridgehead atoms. The topological polar surface area (TPSA) is 60.9 Å². The molecule has 2 fully saturated rings. The Morgan fingerprint density at radius 1 is 0.967 bits per heavy atom. The molecule has 164 valence electrons. The van der Waals surface area contributed by atoms with Crippen molar-refractivity contribution in [3.05, 3.63) is 41.5 Å². The largest absolute Gasteiger partial charge is 0.300 e. The van der Waals surface area contributed by atoms with Crippen LogP contribution < -0.4 is 0 Å². The predicted molar refractivity (Wildman–Crippen MR) is 118 cm³/mol. The van der Waals surface area contributed by atoms with Crippen molar-refractivity contribution in [2.24, 2.45) is 0 Å². The summed E-state index contributed by atoms with van der Waals surface area (Å²) in [6.07, 6.45) is 8.15. The van der Waals surface area contributed by atoms with Crippen molar-refractivity contribution >= 4 is 15.8 Å². The summed E-state index contributed by atoms with van der Waals surface area (Å²) >= 11 is 0. The lowest BCUT2D eigenvalue weighted by molar-refractivity contribution is -0.116. The number of Topliss-reactive ketones (excluding diaryl/α,β-unsaturated/α-hetero) is 1. The Morgan fingerprint density at radius 3 is 2.27 bits per heavy atom. The van der Waals surface area contributed by atoms with Gasteiger partial charge in [-0.05, 0) is 70.9 Å². The fourth-order valence-electron chi connectivity index (χ4n) is 4.81. The third-order valence-electron chi connectivity index (χ3n) is 6.74. The Kier molecular flexibility index (Phi) is 6.72. The Balaban J connectivity index is 1.33. The van der Waals surface area contributed by atoms with Crippen LogP contribution in [0.25, 0.3) is 0 Å². The van der Waals surface area contributed by atoms with Gasteiger partial charge < -0.3 is 4.90 Å². The van der Waals surface area contributed by atoms with Crippen molar-refractivity contribution in [3.63, 3.8) is 0 Å². The van der Waals surface area contributed by atoms with E-state index < -0.39 is 10.0 Å². The second-order valence-electron chi connectivity index (χ2n) is 8.87. The molecule has 6 nitrogen and oxygen atoms in total. The third-order valence-corrected chi connectivity index (χ3v) is 8.56. The standard InChI is InChI=1S/C23H33N3O3S/c1-19-5-7-22(8-6-19)30(28,29)26-16-9-20(23(27)18-26)17-24-14-10-21(11-15-24)25-12-3-2-4-13-25/h5-9,21H,2-4,10-18H2,1H3. The van der Waals surface area contributed by atoms with Crippen molar-refractivity contribution < 1.29 is 13.2 Å². The summed E-state index contributed by atoms with van der Waals surface area (Å²) in [6.45, 7) is 7.26. The van der Waals surface area contributed by atoms with Crippen LogP contribution in [0.2, 0.25) is 0 Å². The molecule has 0 aliphatic carbocycles. The Bertz CT molecular complexity index is 881. The summed E-state index contributed by atoms with van der Waals surface area (Å²) in [4.78, 5) is 18.0. The van der Waals surface area contributed by atoms with Crippen molar-refractivity contribution in [2.45, 2.75) is 50.0 Å². The molecule has 1 aromatic carbocycles. The number of rotatable bonds is 5. The van der Waals surface area contributed by atoms with Gasteiger partial charge in [-0.25, -0.2) is 8.42 Å². The number of hydrogen-bond acceptors (Lipinski definition) is 5. The zero-order chi connectivity index (χ0) is 21.1. The van der Waals surface area contributed by atoms with Crippen LogP contribution in [0.3, 0.4) is 0 Å². The van der Waals surface area contributed by atoms with E-state index in [-0.39, 0.29) is 23.8 Å². The van der Waals surface area contributed by atoms with Gasteiger partial charge in [-0.2, -0.15) is 4.31 Å². The maximum Gasteiger partial charge on any atom is 0.243 e. The highest BCUT2D eigenvalue weighted by Gasteiger charge is 2.32. The first-order chi connectivity index (χ1) is 14.4. The van der Waals surface area contributed by atoms with Crippen LogP contribution in [0.15, 0.2) is 40.8 Å². The van der Waals surface area contributed by atoms with Crippen LogP contribution in [0.5, 0.6) is 0 Å². The second kappa shape index (κ2) is 9.30. The van der Waals surface area contributed by atoms with E-state index in [1.165, 1.54) is 36.7 Å². The van der Waals surface area contributed by atoms with E-state index in [1.807, 2.05) is 13.0 Å². The number of likely N-dealkylation sites (tertiary alicyclic amines) is 2. The summed E-state index contributed by atoms with van der Waals surface area (Å²) in [7, 11) is -3.64.